The Morgan fingerprint density at radius 1 is 1.00 bits per heavy atom. The van der Waals surface area contributed by atoms with Crippen molar-refractivity contribution in [1.82, 2.24) is 9.97 Å². The Labute approximate surface area is 112 Å². The summed E-state index contributed by atoms with van der Waals surface area (Å²) in [7, 11) is 0. The second-order valence-electron chi connectivity index (χ2n) is 3.47. The first-order valence-corrected chi connectivity index (χ1v) is 6.49. The van der Waals surface area contributed by atoms with Crippen LogP contribution in [0.25, 0.3) is 20.7 Å². The highest BCUT2D eigenvalue weighted by Gasteiger charge is 2.10. The number of hydrogen-bond donors (Lipinski definition) is 0. The number of aromatic nitrogens is 2. The maximum atomic E-state index is 6.04. The lowest BCUT2D eigenvalue weighted by molar-refractivity contribution is 1.23. The van der Waals surface area contributed by atoms with Crippen molar-refractivity contribution >= 4 is 44.8 Å². The van der Waals surface area contributed by atoms with Gasteiger partial charge in [0, 0.05) is 4.88 Å². The van der Waals surface area contributed by atoms with Gasteiger partial charge in [-0.3, -0.25) is 0 Å². The Hall–Kier alpha value is -1.16. The first kappa shape index (κ1) is 11.0. The van der Waals surface area contributed by atoms with E-state index in [0.717, 1.165) is 20.7 Å². The molecule has 84 valence electrons. The minimum Gasteiger partial charge on any atom is -0.217 e. The zero-order chi connectivity index (χ0) is 11.8. The monoisotopic (exact) mass is 280 g/mol. The van der Waals surface area contributed by atoms with Gasteiger partial charge in [0.25, 0.3) is 0 Å². The predicted octanol–water partition coefficient (Wildman–Crippen LogP) is 4.67. The summed E-state index contributed by atoms with van der Waals surface area (Å²) in [6, 6.07) is 12.1. The largest absolute Gasteiger partial charge is 0.224 e. The van der Waals surface area contributed by atoms with Gasteiger partial charge >= 0.3 is 0 Å². The molecule has 17 heavy (non-hydrogen) atoms. The van der Waals surface area contributed by atoms with Crippen molar-refractivity contribution in [2.24, 2.45) is 0 Å². The minimum atomic E-state index is 0.180. The van der Waals surface area contributed by atoms with Crippen molar-refractivity contribution in [2.75, 3.05) is 0 Å². The van der Waals surface area contributed by atoms with Crippen LogP contribution in [0.3, 0.4) is 0 Å². The van der Waals surface area contributed by atoms with Crippen LogP contribution < -0.4 is 0 Å². The fourth-order valence-electron chi connectivity index (χ4n) is 1.61. The van der Waals surface area contributed by atoms with Crippen molar-refractivity contribution in [1.29, 1.82) is 0 Å². The van der Waals surface area contributed by atoms with Gasteiger partial charge in [0.2, 0.25) is 5.28 Å². The maximum absolute atomic E-state index is 6.04. The molecule has 0 saturated carbocycles. The molecule has 0 saturated heterocycles. The third-order valence-corrected chi connectivity index (χ3v) is 4.10. The molecular weight excluding hydrogens is 275 g/mol. The molecule has 0 amide bonds. The third kappa shape index (κ3) is 2.02. The first-order chi connectivity index (χ1) is 8.24. The molecular formula is C12H6Cl2N2S. The van der Waals surface area contributed by atoms with E-state index in [0.29, 0.717) is 5.15 Å². The molecule has 2 heterocycles. The van der Waals surface area contributed by atoms with Crippen LogP contribution in [0.15, 0.2) is 36.4 Å². The second-order valence-corrected chi connectivity index (χ2v) is 5.22. The lowest BCUT2D eigenvalue weighted by atomic mass is 10.2. The van der Waals surface area contributed by atoms with Crippen molar-refractivity contribution in [3.8, 4) is 10.4 Å². The van der Waals surface area contributed by atoms with Gasteiger partial charge in [-0.25, -0.2) is 9.97 Å². The average molecular weight is 281 g/mol. The van der Waals surface area contributed by atoms with E-state index in [4.69, 9.17) is 23.2 Å². The topological polar surface area (TPSA) is 25.8 Å². The summed E-state index contributed by atoms with van der Waals surface area (Å²) in [5.41, 5.74) is 1.93. The Balaban J connectivity index is 2.24. The summed E-state index contributed by atoms with van der Waals surface area (Å²) in [5.74, 6) is 0. The van der Waals surface area contributed by atoms with Crippen molar-refractivity contribution < 1.29 is 0 Å². The molecule has 0 unspecified atom stereocenters. The van der Waals surface area contributed by atoms with Crippen molar-refractivity contribution in [3.63, 3.8) is 0 Å². The first-order valence-electron chi connectivity index (χ1n) is 4.92. The molecule has 0 radical (unpaired) electrons. The summed E-state index contributed by atoms with van der Waals surface area (Å²) >= 11 is 13.4. The summed E-state index contributed by atoms with van der Waals surface area (Å²) in [6.45, 7) is 0. The van der Waals surface area contributed by atoms with E-state index in [1.54, 1.807) is 11.3 Å². The molecule has 0 aliphatic rings. The van der Waals surface area contributed by atoms with Gasteiger partial charge < -0.3 is 0 Å². The highest BCUT2D eigenvalue weighted by Crippen LogP contribution is 2.35. The van der Waals surface area contributed by atoms with Crippen LogP contribution in [0.5, 0.6) is 0 Å². The highest BCUT2D eigenvalue weighted by molar-refractivity contribution is 7.22. The van der Waals surface area contributed by atoms with Crippen LogP contribution in [0.1, 0.15) is 0 Å². The summed E-state index contributed by atoms with van der Waals surface area (Å²) < 4.78 is 0.870. The van der Waals surface area contributed by atoms with Crippen LogP contribution in [0.4, 0.5) is 0 Å². The molecule has 5 heteroatoms. The summed E-state index contributed by atoms with van der Waals surface area (Å²) in [5, 5.41) is 0.590. The third-order valence-electron chi connectivity index (χ3n) is 2.36. The van der Waals surface area contributed by atoms with Crippen LogP contribution in [-0.2, 0) is 0 Å². The van der Waals surface area contributed by atoms with Gasteiger partial charge in [-0.1, -0.05) is 41.9 Å². The number of fused-ring (bicyclic) bond motifs is 1. The normalized spacial score (nSPS) is 10.9. The standard InChI is InChI=1S/C12H6Cl2N2S/c13-11-10-8(15-12(14)16-11)6-9(17-10)7-4-2-1-3-5-7/h1-6H. The molecule has 0 N–H and O–H groups in total. The van der Waals surface area contributed by atoms with E-state index in [2.05, 4.69) is 9.97 Å². The van der Waals surface area contributed by atoms with Gasteiger partial charge in [-0.15, -0.1) is 11.3 Å². The van der Waals surface area contributed by atoms with Gasteiger partial charge in [0.15, 0.2) is 5.15 Å². The van der Waals surface area contributed by atoms with Gasteiger partial charge in [0.1, 0.15) is 0 Å². The molecule has 3 aromatic rings. The fourth-order valence-corrected chi connectivity index (χ4v) is 3.11. The lowest BCUT2D eigenvalue weighted by Crippen LogP contribution is -1.81. The smallest absolute Gasteiger partial charge is 0.217 e. The molecule has 0 fully saturated rings. The number of nitrogens with zero attached hydrogens (tertiary/aromatic N) is 2. The van der Waals surface area contributed by atoms with Crippen LogP contribution in [0.2, 0.25) is 10.4 Å². The van der Waals surface area contributed by atoms with Crippen molar-refractivity contribution in [3.05, 3.63) is 46.8 Å². The number of thiophene rings is 1. The number of benzene rings is 1. The van der Waals surface area contributed by atoms with Crippen LogP contribution in [-0.4, -0.2) is 9.97 Å². The van der Waals surface area contributed by atoms with Gasteiger partial charge in [-0.2, -0.15) is 0 Å². The Kier molecular flexibility index (Phi) is 2.74. The average Bonchev–Trinajstić information content (AvgIpc) is 2.74. The summed E-state index contributed by atoms with van der Waals surface area (Å²) in [4.78, 5) is 9.21. The molecule has 0 bridgehead atoms. The maximum Gasteiger partial charge on any atom is 0.224 e. The summed E-state index contributed by atoms with van der Waals surface area (Å²) in [6.07, 6.45) is 0. The van der Waals surface area contributed by atoms with Gasteiger partial charge in [-0.05, 0) is 23.2 Å². The zero-order valence-electron chi connectivity index (χ0n) is 8.52. The molecule has 0 atom stereocenters. The van der Waals surface area contributed by atoms with E-state index >= 15 is 0 Å². The molecule has 2 nitrogen and oxygen atoms in total. The van der Waals surface area contributed by atoms with Crippen LogP contribution >= 0.6 is 34.5 Å². The van der Waals surface area contributed by atoms with Crippen LogP contribution in [0, 0.1) is 0 Å². The lowest BCUT2D eigenvalue weighted by Gasteiger charge is -1.93. The molecule has 2 aromatic heterocycles. The Bertz CT molecular complexity index is 680. The SMILES string of the molecule is Clc1nc(Cl)c2sc(-c3ccccc3)cc2n1. The van der Waals surface area contributed by atoms with Gasteiger partial charge in [0.05, 0.1) is 10.2 Å². The number of halogens is 2. The second kappa shape index (κ2) is 4.26. The molecule has 0 aliphatic carbocycles. The number of rotatable bonds is 1. The Morgan fingerprint density at radius 2 is 1.76 bits per heavy atom. The molecule has 1 aromatic carbocycles. The molecule has 0 aliphatic heterocycles. The van der Waals surface area contributed by atoms with E-state index in [-0.39, 0.29) is 5.28 Å². The zero-order valence-corrected chi connectivity index (χ0v) is 10.9. The minimum absolute atomic E-state index is 0.180. The number of hydrogen-bond acceptors (Lipinski definition) is 3. The Morgan fingerprint density at radius 3 is 2.53 bits per heavy atom. The van der Waals surface area contributed by atoms with E-state index in [9.17, 15) is 0 Å². The van der Waals surface area contributed by atoms with E-state index in [1.165, 1.54) is 0 Å². The molecule has 3 rings (SSSR count). The van der Waals surface area contributed by atoms with Crippen molar-refractivity contribution in [2.45, 2.75) is 0 Å². The van der Waals surface area contributed by atoms with E-state index in [1.807, 2.05) is 36.4 Å². The fraction of sp³-hybridized carbons (Fsp3) is 0. The predicted molar refractivity (Wildman–Crippen MR) is 72.9 cm³/mol. The van der Waals surface area contributed by atoms with E-state index < -0.39 is 0 Å². The molecule has 0 spiro atoms. The highest BCUT2D eigenvalue weighted by atomic mass is 35.5. The quantitative estimate of drug-likeness (QED) is 0.478.